The molecule has 0 bridgehead atoms. The lowest BCUT2D eigenvalue weighted by Crippen LogP contribution is -2.38. The van der Waals surface area contributed by atoms with Gasteiger partial charge in [-0.25, -0.2) is 0 Å². The molecule has 1 heterocycles. The summed E-state index contributed by atoms with van der Waals surface area (Å²) in [7, 11) is 1.97. The first kappa shape index (κ1) is 11.5. The minimum atomic E-state index is 0.0356. The van der Waals surface area contributed by atoms with Crippen LogP contribution in [0.4, 0.5) is 0 Å². The predicted octanol–water partition coefficient (Wildman–Crippen LogP) is -0.176. The summed E-state index contributed by atoms with van der Waals surface area (Å²) in [6, 6.07) is 0.402. The molecule has 0 unspecified atom stereocenters. The summed E-state index contributed by atoms with van der Waals surface area (Å²) in [5, 5.41) is 12.0. The van der Waals surface area contributed by atoms with Crippen LogP contribution in [0.2, 0.25) is 0 Å². The second kappa shape index (κ2) is 4.75. The fraction of sp³-hybridized carbons (Fsp3) is 0.900. The maximum absolute atomic E-state index is 11.4. The van der Waals surface area contributed by atoms with Gasteiger partial charge in [-0.1, -0.05) is 13.8 Å². The zero-order valence-corrected chi connectivity index (χ0v) is 9.16. The molecule has 4 nitrogen and oxygen atoms in total. The molecule has 0 aromatic carbocycles. The maximum Gasteiger partial charge on any atom is 0.222 e. The van der Waals surface area contributed by atoms with Crippen molar-refractivity contribution in [1.29, 1.82) is 0 Å². The Morgan fingerprint density at radius 1 is 1.64 bits per heavy atom. The Morgan fingerprint density at radius 2 is 2.29 bits per heavy atom. The molecule has 1 amide bonds. The monoisotopic (exact) mass is 200 g/mol. The lowest BCUT2D eigenvalue weighted by Gasteiger charge is -2.15. The number of aliphatic hydroxyl groups excluding tert-OH is 1. The molecule has 14 heavy (non-hydrogen) atoms. The number of carbonyl (C=O) groups is 1. The number of likely N-dealkylation sites (tertiary alicyclic amines) is 1. The molecule has 82 valence electrons. The van der Waals surface area contributed by atoms with Crippen LogP contribution in [0, 0.1) is 5.92 Å². The van der Waals surface area contributed by atoms with E-state index in [-0.39, 0.29) is 30.5 Å². The fourth-order valence-electron chi connectivity index (χ4n) is 1.77. The van der Waals surface area contributed by atoms with Gasteiger partial charge >= 0.3 is 0 Å². The minimum absolute atomic E-state index is 0.0356. The van der Waals surface area contributed by atoms with Crippen LogP contribution in [-0.2, 0) is 4.79 Å². The van der Waals surface area contributed by atoms with Gasteiger partial charge in [0, 0.05) is 24.5 Å². The van der Waals surface area contributed by atoms with Gasteiger partial charge in [0.1, 0.15) is 0 Å². The van der Waals surface area contributed by atoms with Gasteiger partial charge < -0.3 is 10.4 Å². The highest BCUT2D eigenvalue weighted by Crippen LogP contribution is 2.15. The van der Waals surface area contributed by atoms with Crippen LogP contribution in [0.15, 0.2) is 0 Å². The molecule has 0 aromatic rings. The van der Waals surface area contributed by atoms with Gasteiger partial charge in [0.2, 0.25) is 5.91 Å². The third kappa shape index (κ3) is 2.69. The van der Waals surface area contributed by atoms with Crippen molar-refractivity contribution in [2.24, 2.45) is 5.92 Å². The maximum atomic E-state index is 11.4. The topological polar surface area (TPSA) is 52.6 Å². The van der Waals surface area contributed by atoms with Crippen LogP contribution in [0.1, 0.15) is 20.3 Å². The van der Waals surface area contributed by atoms with Crippen LogP contribution >= 0.6 is 0 Å². The van der Waals surface area contributed by atoms with Crippen LogP contribution < -0.4 is 5.32 Å². The van der Waals surface area contributed by atoms with E-state index < -0.39 is 0 Å². The zero-order valence-electron chi connectivity index (χ0n) is 9.16. The zero-order chi connectivity index (χ0) is 10.7. The van der Waals surface area contributed by atoms with E-state index in [1.54, 1.807) is 0 Å². The molecule has 0 spiro atoms. The van der Waals surface area contributed by atoms with E-state index in [1.165, 1.54) is 0 Å². The largest absolute Gasteiger partial charge is 0.395 e. The molecule has 0 saturated carbocycles. The molecule has 1 aliphatic rings. The van der Waals surface area contributed by atoms with Crippen molar-refractivity contribution in [2.75, 3.05) is 20.2 Å². The summed E-state index contributed by atoms with van der Waals surface area (Å²) in [5.74, 6) is 0.135. The minimum Gasteiger partial charge on any atom is -0.395 e. The molecule has 2 atom stereocenters. The molecule has 2 N–H and O–H groups in total. The number of hydrogen-bond donors (Lipinski definition) is 2. The summed E-state index contributed by atoms with van der Waals surface area (Å²) in [6.07, 6.45) is 0.853. The van der Waals surface area contributed by atoms with E-state index in [9.17, 15) is 4.79 Å². The van der Waals surface area contributed by atoms with E-state index in [0.717, 1.165) is 13.0 Å². The molecule has 1 saturated heterocycles. The fourth-order valence-corrected chi connectivity index (χ4v) is 1.77. The summed E-state index contributed by atoms with van der Waals surface area (Å²) in [6.45, 7) is 4.78. The number of carbonyl (C=O) groups excluding carboxylic acids is 1. The number of nitrogens with zero attached hydrogens (tertiary/aromatic N) is 1. The quantitative estimate of drug-likeness (QED) is 0.664. The number of rotatable bonds is 3. The first-order valence-corrected chi connectivity index (χ1v) is 5.16. The van der Waals surface area contributed by atoms with Gasteiger partial charge in [-0.15, -0.1) is 0 Å². The van der Waals surface area contributed by atoms with Crippen molar-refractivity contribution >= 4 is 5.91 Å². The van der Waals surface area contributed by atoms with Gasteiger partial charge in [0.25, 0.3) is 0 Å². The molecular formula is C10H20N2O2. The second-order valence-electron chi connectivity index (χ2n) is 4.37. The van der Waals surface area contributed by atoms with Gasteiger partial charge in [-0.3, -0.25) is 9.69 Å². The number of hydrogen-bond acceptors (Lipinski definition) is 3. The van der Waals surface area contributed by atoms with E-state index in [0.29, 0.717) is 0 Å². The van der Waals surface area contributed by atoms with E-state index in [4.69, 9.17) is 5.11 Å². The number of nitrogens with one attached hydrogen (secondary N) is 1. The molecular weight excluding hydrogens is 180 g/mol. The van der Waals surface area contributed by atoms with Crippen LogP contribution in [0.5, 0.6) is 0 Å². The lowest BCUT2D eigenvalue weighted by atomic mass is 10.1. The number of amides is 1. The SMILES string of the molecule is CC(C)C(=O)N[C@@H]1C[C@@H](CO)N(C)C1. The van der Waals surface area contributed by atoms with Crippen molar-refractivity contribution in [3.8, 4) is 0 Å². The van der Waals surface area contributed by atoms with Gasteiger partial charge in [-0.2, -0.15) is 0 Å². The van der Waals surface area contributed by atoms with Gasteiger partial charge in [0.05, 0.1) is 6.61 Å². The Kier molecular flexibility index (Phi) is 3.89. The second-order valence-corrected chi connectivity index (χ2v) is 4.37. The summed E-state index contributed by atoms with van der Waals surface area (Å²) in [4.78, 5) is 13.5. The Bertz CT molecular complexity index is 206. The van der Waals surface area contributed by atoms with Crippen LogP contribution in [0.3, 0.4) is 0 Å². The molecule has 1 rings (SSSR count). The highest BCUT2D eigenvalue weighted by molar-refractivity contribution is 5.78. The lowest BCUT2D eigenvalue weighted by molar-refractivity contribution is -0.124. The first-order valence-electron chi connectivity index (χ1n) is 5.16. The average Bonchev–Trinajstić information content (AvgIpc) is 2.45. The molecule has 1 aliphatic heterocycles. The van der Waals surface area contributed by atoms with Crippen molar-refractivity contribution in [1.82, 2.24) is 10.2 Å². The van der Waals surface area contributed by atoms with E-state index in [1.807, 2.05) is 20.9 Å². The molecule has 0 aromatic heterocycles. The standard InChI is InChI=1S/C10H20N2O2/c1-7(2)10(14)11-8-4-9(6-13)12(3)5-8/h7-9,13H,4-6H2,1-3H3,(H,11,14)/t8-,9+/m1/s1. The Morgan fingerprint density at radius 3 is 2.71 bits per heavy atom. The van der Waals surface area contributed by atoms with Crippen molar-refractivity contribution in [3.63, 3.8) is 0 Å². The van der Waals surface area contributed by atoms with Crippen LogP contribution in [-0.4, -0.2) is 48.2 Å². The Balaban J connectivity index is 2.38. The first-order chi connectivity index (χ1) is 6.54. The van der Waals surface area contributed by atoms with E-state index in [2.05, 4.69) is 10.2 Å². The van der Waals surface area contributed by atoms with Crippen molar-refractivity contribution in [3.05, 3.63) is 0 Å². The van der Waals surface area contributed by atoms with Crippen LogP contribution in [0.25, 0.3) is 0 Å². The highest BCUT2D eigenvalue weighted by atomic mass is 16.3. The van der Waals surface area contributed by atoms with Crippen molar-refractivity contribution in [2.45, 2.75) is 32.4 Å². The van der Waals surface area contributed by atoms with E-state index >= 15 is 0 Å². The smallest absolute Gasteiger partial charge is 0.222 e. The van der Waals surface area contributed by atoms with Gasteiger partial charge in [-0.05, 0) is 13.5 Å². The number of aliphatic hydroxyl groups is 1. The number of likely N-dealkylation sites (N-methyl/N-ethyl adjacent to an activating group) is 1. The molecule has 0 aliphatic carbocycles. The normalized spacial score (nSPS) is 28.4. The van der Waals surface area contributed by atoms with Gasteiger partial charge in [0.15, 0.2) is 0 Å². The third-order valence-corrected chi connectivity index (χ3v) is 2.77. The molecule has 0 radical (unpaired) electrons. The third-order valence-electron chi connectivity index (χ3n) is 2.77. The molecule has 1 fully saturated rings. The summed E-state index contributed by atoms with van der Waals surface area (Å²) in [5.41, 5.74) is 0. The summed E-state index contributed by atoms with van der Waals surface area (Å²) < 4.78 is 0. The average molecular weight is 200 g/mol. The summed E-state index contributed by atoms with van der Waals surface area (Å²) >= 11 is 0. The Labute approximate surface area is 85.3 Å². The highest BCUT2D eigenvalue weighted by Gasteiger charge is 2.29. The predicted molar refractivity (Wildman–Crippen MR) is 54.9 cm³/mol. The van der Waals surface area contributed by atoms with Crippen molar-refractivity contribution < 1.29 is 9.90 Å². The Hall–Kier alpha value is -0.610. The molecule has 4 heteroatoms.